The average Bonchev–Trinajstić information content (AvgIpc) is 2.82. The minimum Gasteiger partial charge on any atom is -0.353 e. The first kappa shape index (κ1) is 11.3. The summed E-state index contributed by atoms with van der Waals surface area (Å²) in [6.45, 7) is 0.563. The molecule has 0 aliphatic heterocycles. The Bertz CT molecular complexity index is 531. The summed E-state index contributed by atoms with van der Waals surface area (Å²) in [5.41, 5.74) is 0. The van der Waals surface area contributed by atoms with Gasteiger partial charge in [0.2, 0.25) is 11.2 Å². The number of hydrogen-bond donors (Lipinski definition) is 1. The van der Waals surface area contributed by atoms with Crippen LogP contribution in [0.3, 0.4) is 0 Å². The van der Waals surface area contributed by atoms with Crippen LogP contribution in [0.4, 0.5) is 5.95 Å². The standard InChI is InChI=1S/C9H8ClN7/c1-2-3-4-12-8-14-7(10)15-9(16-8)17-6-11-5-13-17/h1,5-6H,3-4H2,(H,12,14,15,16). The van der Waals surface area contributed by atoms with E-state index in [1.807, 2.05) is 0 Å². The molecule has 17 heavy (non-hydrogen) atoms. The molecule has 0 aliphatic carbocycles. The van der Waals surface area contributed by atoms with Gasteiger partial charge < -0.3 is 5.32 Å². The van der Waals surface area contributed by atoms with Crippen molar-refractivity contribution in [2.45, 2.75) is 6.42 Å². The molecule has 0 saturated heterocycles. The first-order valence-corrected chi connectivity index (χ1v) is 5.11. The average molecular weight is 250 g/mol. The van der Waals surface area contributed by atoms with Crippen LogP contribution in [0.25, 0.3) is 5.95 Å². The molecule has 0 aliphatic rings. The normalized spacial score (nSPS) is 9.88. The number of anilines is 1. The lowest BCUT2D eigenvalue weighted by Gasteiger charge is -2.04. The fourth-order valence-electron chi connectivity index (χ4n) is 1.08. The smallest absolute Gasteiger partial charge is 0.258 e. The number of rotatable bonds is 4. The Labute approximate surface area is 102 Å². The lowest BCUT2D eigenvalue weighted by molar-refractivity contribution is 0.793. The lowest BCUT2D eigenvalue weighted by atomic mass is 10.4. The molecule has 2 heterocycles. The van der Waals surface area contributed by atoms with Crippen LogP contribution in [0.1, 0.15) is 6.42 Å². The van der Waals surface area contributed by atoms with Crippen LogP contribution in [-0.2, 0) is 0 Å². The molecular weight excluding hydrogens is 242 g/mol. The monoisotopic (exact) mass is 249 g/mol. The molecule has 0 spiro atoms. The van der Waals surface area contributed by atoms with Crippen molar-refractivity contribution in [3.05, 3.63) is 17.9 Å². The molecule has 86 valence electrons. The van der Waals surface area contributed by atoms with Gasteiger partial charge in [-0.1, -0.05) is 0 Å². The van der Waals surface area contributed by atoms with Gasteiger partial charge in [0.25, 0.3) is 5.95 Å². The highest BCUT2D eigenvalue weighted by Crippen LogP contribution is 2.08. The van der Waals surface area contributed by atoms with Gasteiger partial charge in [-0.3, -0.25) is 0 Å². The van der Waals surface area contributed by atoms with Gasteiger partial charge in [-0.05, 0) is 11.6 Å². The second-order valence-corrected chi connectivity index (χ2v) is 3.29. The summed E-state index contributed by atoms with van der Waals surface area (Å²) >= 11 is 5.78. The Balaban J connectivity index is 2.21. The third kappa shape index (κ3) is 2.89. The van der Waals surface area contributed by atoms with Crippen LogP contribution in [0.15, 0.2) is 12.7 Å². The van der Waals surface area contributed by atoms with E-state index < -0.39 is 0 Å². The van der Waals surface area contributed by atoms with E-state index in [-0.39, 0.29) is 5.28 Å². The van der Waals surface area contributed by atoms with Gasteiger partial charge in [0, 0.05) is 13.0 Å². The molecule has 7 nitrogen and oxygen atoms in total. The maximum Gasteiger partial charge on any atom is 0.258 e. The van der Waals surface area contributed by atoms with Gasteiger partial charge >= 0.3 is 0 Å². The summed E-state index contributed by atoms with van der Waals surface area (Å²) in [6.07, 6.45) is 8.56. The number of hydrogen-bond acceptors (Lipinski definition) is 6. The predicted molar refractivity (Wildman–Crippen MR) is 61.7 cm³/mol. The van der Waals surface area contributed by atoms with Gasteiger partial charge in [-0.25, -0.2) is 4.98 Å². The molecule has 0 atom stereocenters. The maximum absolute atomic E-state index is 5.78. The summed E-state index contributed by atoms with van der Waals surface area (Å²) < 4.78 is 1.39. The molecule has 0 aromatic carbocycles. The molecule has 0 saturated carbocycles. The number of terminal acetylenes is 1. The quantitative estimate of drug-likeness (QED) is 0.629. The van der Waals surface area contributed by atoms with Crippen LogP contribution in [0, 0.1) is 12.3 Å². The van der Waals surface area contributed by atoms with E-state index in [4.69, 9.17) is 18.0 Å². The molecule has 2 rings (SSSR count). The minimum absolute atomic E-state index is 0.0775. The van der Waals surface area contributed by atoms with E-state index in [0.717, 1.165) is 0 Å². The second-order valence-electron chi connectivity index (χ2n) is 2.95. The van der Waals surface area contributed by atoms with Crippen molar-refractivity contribution >= 4 is 17.5 Å². The zero-order valence-electron chi connectivity index (χ0n) is 8.71. The van der Waals surface area contributed by atoms with E-state index in [9.17, 15) is 0 Å². The molecule has 0 amide bonds. The maximum atomic E-state index is 5.78. The molecular formula is C9H8ClN7. The van der Waals surface area contributed by atoms with Crippen molar-refractivity contribution < 1.29 is 0 Å². The van der Waals surface area contributed by atoms with Crippen LogP contribution < -0.4 is 5.32 Å². The molecule has 0 bridgehead atoms. The molecule has 0 radical (unpaired) electrons. The summed E-state index contributed by atoms with van der Waals surface area (Å²) in [5.74, 6) is 3.15. The van der Waals surface area contributed by atoms with Crippen LogP contribution in [0.5, 0.6) is 0 Å². The van der Waals surface area contributed by atoms with E-state index in [1.54, 1.807) is 0 Å². The molecule has 0 unspecified atom stereocenters. The van der Waals surface area contributed by atoms with Gasteiger partial charge in [-0.2, -0.15) is 24.7 Å². The Hall–Kier alpha value is -2.20. The zero-order chi connectivity index (χ0) is 12.1. The highest BCUT2D eigenvalue weighted by atomic mass is 35.5. The fraction of sp³-hybridized carbons (Fsp3) is 0.222. The summed E-state index contributed by atoms with van der Waals surface area (Å²) in [6, 6.07) is 0. The first-order chi connectivity index (χ1) is 8.29. The third-order valence-electron chi connectivity index (χ3n) is 1.77. The van der Waals surface area contributed by atoms with Crippen molar-refractivity contribution in [2.75, 3.05) is 11.9 Å². The van der Waals surface area contributed by atoms with Crippen molar-refractivity contribution in [3.63, 3.8) is 0 Å². The highest BCUT2D eigenvalue weighted by Gasteiger charge is 2.06. The fourth-order valence-corrected chi connectivity index (χ4v) is 1.23. The van der Waals surface area contributed by atoms with Gasteiger partial charge in [-0.15, -0.1) is 12.3 Å². The van der Waals surface area contributed by atoms with Crippen LogP contribution in [0.2, 0.25) is 5.28 Å². The predicted octanol–water partition coefficient (Wildman–Crippen LogP) is 0.541. The van der Waals surface area contributed by atoms with Crippen molar-refractivity contribution in [1.29, 1.82) is 0 Å². The SMILES string of the molecule is C#CCCNc1nc(Cl)nc(-n2cncn2)n1. The first-order valence-electron chi connectivity index (χ1n) is 4.73. The highest BCUT2D eigenvalue weighted by molar-refractivity contribution is 6.28. The Morgan fingerprint density at radius 1 is 1.41 bits per heavy atom. The Morgan fingerprint density at radius 3 is 3.00 bits per heavy atom. The van der Waals surface area contributed by atoms with Gasteiger partial charge in [0.15, 0.2) is 0 Å². The van der Waals surface area contributed by atoms with Gasteiger partial charge in [0.05, 0.1) is 0 Å². The van der Waals surface area contributed by atoms with E-state index >= 15 is 0 Å². The Morgan fingerprint density at radius 2 is 2.29 bits per heavy atom. The number of nitrogens with one attached hydrogen (secondary N) is 1. The van der Waals surface area contributed by atoms with Crippen molar-refractivity contribution in [2.24, 2.45) is 0 Å². The topological polar surface area (TPSA) is 81.4 Å². The van der Waals surface area contributed by atoms with E-state index in [0.29, 0.717) is 24.9 Å². The number of aromatic nitrogens is 6. The van der Waals surface area contributed by atoms with E-state index in [1.165, 1.54) is 17.3 Å². The van der Waals surface area contributed by atoms with Crippen molar-refractivity contribution in [1.82, 2.24) is 29.7 Å². The molecule has 2 aromatic heterocycles. The lowest BCUT2D eigenvalue weighted by Crippen LogP contribution is -2.10. The molecule has 2 aromatic rings. The summed E-state index contributed by atoms with van der Waals surface area (Å²) in [4.78, 5) is 15.8. The molecule has 0 fully saturated rings. The zero-order valence-corrected chi connectivity index (χ0v) is 9.46. The molecule has 8 heteroatoms. The third-order valence-corrected chi connectivity index (χ3v) is 1.94. The van der Waals surface area contributed by atoms with E-state index in [2.05, 4.69) is 36.3 Å². The molecule has 1 N–H and O–H groups in total. The Kier molecular flexibility index (Phi) is 3.47. The van der Waals surface area contributed by atoms with Crippen molar-refractivity contribution in [3.8, 4) is 18.3 Å². The van der Waals surface area contributed by atoms with Gasteiger partial charge in [0.1, 0.15) is 12.7 Å². The summed E-state index contributed by atoms with van der Waals surface area (Å²) in [7, 11) is 0. The largest absolute Gasteiger partial charge is 0.353 e. The number of halogens is 1. The summed E-state index contributed by atoms with van der Waals surface area (Å²) in [5, 5.41) is 6.91. The second kappa shape index (κ2) is 5.23. The van der Waals surface area contributed by atoms with Crippen LogP contribution in [-0.4, -0.2) is 36.3 Å². The number of nitrogens with zero attached hydrogens (tertiary/aromatic N) is 6. The minimum atomic E-state index is 0.0775. The van der Waals surface area contributed by atoms with Crippen LogP contribution >= 0.6 is 11.6 Å².